The predicted molar refractivity (Wildman–Crippen MR) is 90.5 cm³/mol. The molecule has 0 saturated carbocycles. The van der Waals surface area contributed by atoms with Gasteiger partial charge in [0, 0.05) is 18.5 Å². The zero-order valence-corrected chi connectivity index (χ0v) is 13.9. The van der Waals surface area contributed by atoms with Crippen molar-refractivity contribution >= 4 is 29.3 Å². The number of hydrogen-bond donors (Lipinski definition) is 1. The average Bonchev–Trinajstić information content (AvgIpc) is 3.12. The molecule has 120 valence electrons. The fraction of sp³-hybridized carbons (Fsp3) is 0.471. The van der Waals surface area contributed by atoms with Crippen molar-refractivity contribution in [2.75, 3.05) is 26.7 Å². The number of para-hydroxylation sites is 1. The van der Waals surface area contributed by atoms with Crippen molar-refractivity contribution in [3.05, 3.63) is 36.1 Å². The van der Waals surface area contributed by atoms with Gasteiger partial charge in [-0.25, -0.2) is 0 Å². The Morgan fingerprint density at radius 1 is 1.45 bits per heavy atom. The van der Waals surface area contributed by atoms with E-state index in [0.717, 1.165) is 42.8 Å². The topological polar surface area (TPSA) is 45.5 Å². The smallest absolute Gasteiger partial charge is 0.233 e. The number of amides is 1. The number of likely N-dealkylation sites (tertiary alicyclic amines) is 1. The van der Waals surface area contributed by atoms with E-state index in [0.29, 0.717) is 5.92 Å². The minimum atomic E-state index is -0.217. The average molecular weight is 323 g/mol. The number of nitrogens with zero attached hydrogens (tertiary/aromatic N) is 1. The van der Waals surface area contributed by atoms with E-state index in [1.165, 1.54) is 0 Å². The number of carbonyl (C=O) groups is 1. The molecule has 4 nitrogen and oxygen atoms in total. The number of hydrogen-bond acceptors (Lipinski definition) is 3. The van der Waals surface area contributed by atoms with E-state index in [4.69, 9.17) is 4.42 Å². The Labute approximate surface area is 137 Å². The summed E-state index contributed by atoms with van der Waals surface area (Å²) in [5, 5.41) is 4.25. The quantitative estimate of drug-likeness (QED) is 0.941. The Morgan fingerprint density at radius 2 is 2.23 bits per heavy atom. The van der Waals surface area contributed by atoms with Gasteiger partial charge in [-0.1, -0.05) is 18.2 Å². The Kier molecular flexibility index (Phi) is 5.48. The second-order valence-corrected chi connectivity index (χ2v) is 5.90. The van der Waals surface area contributed by atoms with Crippen molar-refractivity contribution in [1.29, 1.82) is 0 Å². The number of benzene rings is 1. The zero-order valence-electron chi connectivity index (χ0n) is 13.0. The zero-order chi connectivity index (χ0) is 14.8. The molecule has 1 aromatic carbocycles. The highest BCUT2D eigenvalue weighted by Crippen LogP contribution is 2.28. The number of furan rings is 1. The van der Waals surface area contributed by atoms with E-state index < -0.39 is 0 Å². The second-order valence-electron chi connectivity index (χ2n) is 5.90. The molecule has 1 fully saturated rings. The number of fused-ring (bicyclic) bond motifs is 1. The largest absolute Gasteiger partial charge is 0.460 e. The van der Waals surface area contributed by atoms with Crippen LogP contribution in [0.25, 0.3) is 11.0 Å². The number of carbonyl (C=O) groups excluding carboxylic acids is 1. The maximum atomic E-state index is 12.6. The maximum absolute atomic E-state index is 12.6. The Morgan fingerprint density at radius 3 is 2.95 bits per heavy atom. The lowest BCUT2D eigenvalue weighted by Crippen LogP contribution is -2.33. The first kappa shape index (κ1) is 16.8. The lowest BCUT2D eigenvalue weighted by Gasteiger charge is -2.20. The molecular formula is C17H23ClN2O2. The van der Waals surface area contributed by atoms with Gasteiger partial charge in [0.1, 0.15) is 11.3 Å². The number of rotatable bonds is 4. The van der Waals surface area contributed by atoms with E-state index in [1.54, 1.807) is 0 Å². The van der Waals surface area contributed by atoms with E-state index in [9.17, 15) is 4.79 Å². The standard InChI is InChI=1S/C17H22N2O2.ClH/c1-12(16-9-14-5-3-4-6-15(14)21-16)17(20)19-8-7-13(11-19)10-18-2;/h3-6,9,12-13,18H,7-8,10-11H2,1-2H3;1H. The van der Waals surface area contributed by atoms with Gasteiger partial charge in [0.05, 0.1) is 5.92 Å². The van der Waals surface area contributed by atoms with Crippen molar-refractivity contribution in [2.24, 2.45) is 5.92 Å². The summed E-state index contributed by atoms with van der Waals surface area (Å²) in [5.74, 6) is 1.29. The van der Waals surface area contributed by atoms with Gasteiger partial charge < -0.3 is 14.6 Å². The highest BCUT2D eigenvalue weighted by Gasteiger charge is 2.30. The summed E-state index contributed by atoms with van der Waals surface area (Å²) in [6.07, 6.45) is 1.08. The van der Waals surface area contributed by atoms with E-state index in [1.807, 2.05) is 49.2 Å². The Bertz CT molecular complexity index is 607. The molecule has 0 radical (unpaired) electrons. The van der Waals surface area contributed by atoms with Gasteiger partial charge in [0.25, 0.3) is 0 Å². The van der Waals surface area contributed by atoms with Crippen LogP contribution in [0.15, 0.2) is 34.7 Å². The van der Waals surface area contributed by atoms with E-state index >= 15 is 0 Å². The monoisotopic (exact) mass is 322 g/mol. The molecule has 0 spiro atoms. The highest BCUT2D eigenvalue weighted by atomic mass is 35.5. The first-order valence-corrected chi connectivity index (χ1v) is 7.61. The third-order valence-electron chi connectivity index (χ3n) is 4.33. The molecule has 2 atom stereocenters. The molecule has 0 bridgehead atoms. The Hall–Kier alpha value is -1.52. The molecule has 1 aromatic heterocycles. The molecule has 2 heterocycles. The van der Waals surface area contributed by atoms with Gasteiger partial charge in [-0.2, -0.15) is 0 Å². The Balaban J connectivity index is 0.00000176. The lowest BCUT2D eigenvalue weighted by atomic mass is 10.1. The molecule has 22 heavy (non-hydrogen) atoms. The van der Waals surface area contributed by atoms with Crippen molar-refractivity contribution in [1.82, 2.24) is 10.2 Å². The van der Waals surface area contributed by atoms with E-state index in [2.05, 4.69) is 5.32 Å². The highest BCUT2D eigenvalue weighted by molar-refractivity contribution is 5.86. The van der Waals surface area contributed by atoms with Gasteiger partial charge in [-0.05, 0) is 45.0 Å². The first-order valence-electron chi connectivity index (χ1n) is 7.61. The molecule has 2 aromatic rings. The third-order valence-corrected chi connectivity index (χ3v) is 4.33. The van der Waals surface area contributed by atoms with Crippen LogP contribution in [0, 0.1) is 5.92 Å². The van der Waals surface area contributed by atoms with Gasteiger partial charge in [-0.15, -0.1) is 12.4 Å². The summed E-state index contributed by atoms with van der Waals surface area (Å²) >= 11 is 0. The fourth-order valence-electron chi connectivity index (χ4n) is 3.10. The van der Waals surface area contributed by atoms with Gasteiger partial charge in [0.15, 0.2) is 0 Å². The first-order chi connectivity index (χ1) is 10.2. The minimum absolute atomic E-state index is 0. The summed E-state index contributed by atoms with van der Waals surface area (Å²) in [6.45, 7) is 4.62. The van der Waals surface area contributed by atoms with Crippen LogP contribution in [0.3, 0.4) is 0 Å². The fourth-order valence-corrected chi connectivity index (χ4v) is 3.10. The SMILES string of the molecule is CNCC1CCN(C(=O)C(C)c2cc3ccccc3o2)C1.Cl. The normalized spacial score (nSPS) is 19.2. The second kappa shape index (κ2) is 7.16. The van der Waals surface area contributed by atoms with Crippen molar-refractivity contribution in [3.8, 4) is 0 Å². The van der Waals surface area contributed by atoms with Crippen LogP contribution in [-0.4, -0.2) is 37.5 Å². The molecule has 1 saturated heterocycles. The van der Waals surface area contributed by atoms with Crippen molar-refractivity contribution in [3.63, 3.8) is 0 Å². The number of nitrogens with one attached hydrogen (secondary N) is 1. The van der Waals surface area contributed by atoms with E-state index in [-0.39, 0.29) is 24.2 Å². The molecule has 1 aliphatic heterocycles. The van der Waals surface area contributed by atoms with Gasteiger partial charge in [0.2, 0.25) is 5.91 Å². The molecule has 3 rings (SSSR count). The molecular weight excluding hydrogens is 300 g/mol. The van der Waals surface area contributed by atoms with Crippen LogP contribution in [-0.2, 0) is 4.79 Å². The van der Waals surface area contributed by atoms with Crippen LogP contribution in [0.5, 0.6) is 0 Å². The molecule has 1 amide bonds. The van der Waals surface area contributed by atoms with Crippen molar-refractivity contribution in [2.45, 2.75) is 19.3 Å². The molecule has 5 heteroatoms. The van der Waals surface area contributed by atoms with Crippen LogP contribution < -0.4 is 5.32 Å². The lowest BCUT2D eigenvalue weighted by molar-refractivity contribution is -0.131. The predicted octanol–water partition coefficient (Wildman–Crippen LogP) is 3.03. The van der Waals surface area contributed by atoms with Crippen LogP contribution >= 0.6 is 12.4 Å². The molecule has 1 aliphatic rings. The molecule has 1 N–H and O–H groups in total. The maximum Gasteiger partial charge on any atom is 0.233 e. The summed E-state index contributed by atoms with van der Waals surface area (Å²) in [7, 11) is 1.96. The minimum Gasteiger partial charge on any atom is -0.460 e. The summed E-state index contributed by atoms with van der Waals surface area (Å²) in [4.78, 5) is 14.6. The van der Waals surface area contributed by atoms with Crippen LogP contribution in [0.1, 0.15) is 25.0 Å². The molecule has 2 unspecified atom stereocenters. The van der Waals surface area contributed by atoms with Gasteiger partial charge >= 0.3 is 0 Å². The summed E-state index contributed by atoms with van der Waals surface area (Å²) in [5.41, 5.74) is 0.849. The third kappa shape index (κ3) is 3.28. The van der Waals surface area contributed by atoms with Crippen LogP contribution in [0.4, 0.5) is 0 Å². The molecule has 0 aliphatic carbocycles. The number of halogens is 1. The summed E-state index contributed by atoms with van der Waals surface area (Å²) < 4.78 is 5.83. The summed E-state index contributed by atoms with van der Waals surface area (Å²) in [6, 6.07) is 9.87. The van der Waals surface area contributed by atoms with Gasteiger partial charge in [-0.3, -0.25) is 4.79 Å². The van der Waals surface area contributed by atoms with Crippen molar-refractivity contribution < 1.29 is 9.21 Å². The van der Waals surface area contributed by atoms with Crippen LogP contribution in [0.2, 0.25) is 0 Å².